The van der Waals surface area contributed by atoms with E-state index in [2.05, 4.69) is 17.6 Å². The van der Waals surface area contributed by atoms with Crippen molar-refractivity contribution in [2.75, 3.05) is 0 Å². The second kappa shape index (κ2) is 8.34. The van der Waals surface area contributed by atoms with Gasteiger partial charge in [0.25, 0.3) is 10.0 Å². The van der Waals surface area contributed by atoms with Gasteiger partial charge >= 0.3 is 0 Å². The molecule has 1 aromatic carbocycles. The molecule has 8 heteroatoms. The number of benzene rings is 1. The van der Waals surface area contributed by atoms with Gasteiger partial charge in [-0.15, -0.1) is 0 Å². The van der Waals surface area contributed by atoms with Gasteiger partial charge in [-0.2, -0.15) is 0 Å². The number of aryl methyl sites for hydroxylation is 1. The molecular weight excluding hydrogens is 378 g/mol. The molecule has 2 amide bonds. The van der Waals surface area contributed by atoms with Gasteiger partial charge in [-0.1, -0.05) is 24.6 Å². The average Bonchev–Trinajstić information content (AvgIpc) is 2.65. The lowest BCUT2D eigenvalue weighted by atomic mass is 9.87. The summed E-state index contributed by atoms with van der Waals surface area (Å²) in [7, 11) is -3.94. The molecule has 2 aliphatic rings. The zero-order valence-electron chi connectivity index (χ0n) is 16.2. The molecule has 1 saturated carbocycles. The summed E-state index contributed by atoms with van der Waals surface area (Å²) < 4.78 is 27.0. The molecule has 0 bridgehead atoms. The molecule has 1 atom stereocenters. The number of sulfonamides is 1. The Morgan fingerprint density at radius 3 is 2.46 bits per heavy atom. The highest BCUT2D eigenvalue weighted by Gasteiger charge is 2.37. The fraction of sp³-hybridized carbons (Fsp3) is 0.500. The number of nitrogens with zero attached hydrogens (tertiary/aromatic N) is 1. The summed E-state index contributed by atoms with van der Waals surface area (Å²) in [4.78, 5) is 25.0. The SMILES string of the molecule is Cc1ccc(S(=O)(=O)N2C=CNC(=O)[C@H]2CC(=O)N[C@H]2CC[C@H](C)CC2)cc1. The molecule has 2 N–H and O–H groups in total. The summed E-state index contributed by atoms with van der Waals surface area (Å²) in [6.45, 7) is 4.06. The fourth-order valence-corrected chi connectivity index (χ4v) is 5.09. The predicted molar refractivity (Wildman–Crippen MR) is 105 cm³/mol. The van der Waals surface area contributed by atoms with Crippen LogP contribution in [0.3, 0.4) is 0 Å². The molecule has 0 unspecified atom stereocenters. The van der Waals surface area contributed by atoms with E-state index in [0.29, 0.717) is 5.92 Å². The van der Waals surface area contributed by atoms with Crippen molar-refractivity contribution in [1.82, 2.24) is 14.9 Å². The van der Waals surface area contributed by atoms with Crippen LogP contribution in [-0.4, -0.2) is 36.6 Å². The largest absolute Gasteiger partial charge is 0.353 e. The van der Waals surface area contributed by atoms with Gasteiger partial charge in [0.15, 0.2) is 0 Å². The Labute approximate surface area is 166 Å². The standard InChI is InChI=1S/C20H27N3O4S/c1-14-3-7-16(8-4-14)22-19(24)13-18-20(25)21-11-12-23(18)28(26,27)17-9-5-15(2)6-10-17/h5-6,9-12,14,16,18H,3-4,7-8,13H2,1-2H3,(H,21,25)(H,22,24)/t14-,16-,18-/m1/s1. The molecular formula is C20H27N3O4S. The van der Waals surface area contributed by atoms with E-state index in [1.54, 1.807) is 12.1 Å². The number of nitrogens with one attached hydrogen (secondary N) is 2. The first-order valence-corrected chi connectivity index (χ1v) is 11.1. The van der Waals surface area contributed by atoms with E-state index in [1.807, 2.05) is 6.92 Å². The second-order valence-electron chi connectivity index (χ2n) is 7.72. The van der Waals surface area contributed by atoms with Crippen molar-refractivity contribution in [3.05, 3.63) is 42.2 Å². The van der Waals surface area contributed by atoms with E-state index in [4.69, 9.17) is 0 Å². The lowest BCUT2D eigenvalue weighted by Gasteiger charge is -2.32. The van der Waals surface area contributed by atoms with E-state index in [9.17, 15) is 18.0 Å². The van der Waals surface area contributed by atoms with Crippen molar-refractivity contribution < 1.29 is 18.0 Å². The van der Waals surface area contributed by atoms with Crippen LogP contribution in [0.5, 0.6) is 0 Å². The van der Waals surface area contributed by atoms with Crippen molar-refractivity contribution in [3.63, 3.8) is 0 Å². The first kappa shape index (κ1) is 20.4. The molecule has 0 aromatic heterocycles. The minimum atomic E-state index is -3.94. The van der Waals surface area contributed by atoms with Gasteiger partial charge in [-0.25, -0.2) is 8.42 Å². The molecule has 1 aliphatic carbocycles. The molecule has 1 fully saturated rings. The third-order valence-electron chi connectivity index (χ3n) is 5.41. The predicted octanol–water partition coefficient (Wildman–Crippen LogP) is 2.04. The van der Waals surface area contributed by atoms with Crippen molar-refractivity contribution in [3.8, 4) is 0 Å². The minimum Gasteiger partial charge on any atom is -0.353 e. The van der Waals surface area contributed by atoms with E-state index in [-0.39, 0.29) is 23.3 Å². The van der Waals surface area contributed by atoms with Crippen LogP contribution in [0, 0.1) is 12.8 Å². The molecule has 0 radical (unpaired) electrons. The summed E-state index contributed by atoms with van der Waals surface area (Å²) in [5.74, 6) is -0.151. The van der Waals surface area contributed by atoms with E-state index < -0.39 is 22.0 Å². The van der Waals surface area contributed by atoms with Crippen molar-refractivity contribution in [1.29, 1.82) is 0 Å². The number of carbonyl (C=O) groups excluding carboxylic acids is 2. The summed E-state index contributed by atoms with van der Waals surface area (Å²) >= 11 is 0. The molecule has 0 saturated heterocycles. The van der Waals surface area contributed by atoms with E-state index in [0.717, 1.165) is 35.6 Å². The van der Waals surface area contributed by atoms with Gasteiger partial charge in [0.1, 0.15) is 6.04 Å². The Morgan fingerprint density at radius 2 is 1.82 bits per heavy atom. The molecule has 152 valence electrons. The van der Waals surface area contributed by atoms with E-state index in [1.165, 1.54) is 24.5 Å². The minimum absolute atomic E-state index is 0.0872. The molecule has 0 spiro atoms. The monoisotopic (exact) mass is 405 g/mol. The molecule has 28 heavy (non-hydrogen) atoms. The van der Waals surface area contributed by atoms with Crippen LogP contribution in [0.1, 0.15) is 44.6 Å². The van der Waals surface area contributed by atoms with Crippen LogP contribution in [0.15, 0.2) is 41.6 Å². The van der Waals surface area contributed by atoms with Crippen LogP contribution in [0.4, 0.5) is 0 Å². The summed E-state index contributed by atoms with van der Waals surface area (Å²) in [6.07, 6.45) is 6.32. The van der Waals surface area contributed by atoms with Crippen LogP contribution >= 0.6 is 0 Å². The summed E-state index contributed by atoms with van der Waals surface area (Å²) in [5.41, 5.74) is 0.934. The van der Waals surface area contributed by atoms with E-state index >= 15 is 0 Å². The zero-order chi connectivity index (χ0) is 20.3. The third kappa shape index (κ3) is 4.55. The number of hydrogen-bond donors (Lipinski definition) is 2. The van der Waals surface area contributed by atoms with Crippen LogP contribution in [-0.2, 0) is 19.6 Å². The highest BCUT2D eigenvalue weighted by Crippen LogP contribution is 2.25. The lowest BCUT2D eigenvalue weighted by molar-refractivity contribution is -0.129. The highest BCUT2D eigenvalue weighted by molar-refractivity contribution is 7.89. The normalized spacial score (nSPS) is 25.3. The van der Waals surface area contributed by atoms with Gasteiger partial charge in [0.05, 0.1) is 11.3 Å². The third-order valence-corrected chi connectivity index (χ3v) is 7.21. The highest BCUT2D eigenvalue weighted by atomic mass is 32.2. The molecule has 7 nitrogen and oxygen atoms in total. The number of carbonyl (C=O) groups is 2. The molecule has 1 aliphatic heterocycles. The summed E-state index contributed by atoms with van der Waals surface area (Å²) in [6, 6.07) is 5.39. The van der Waals surface area contributed by atoms with Crippen LogP contribution in [0.2, 0.25) is 0 Å². The van der Waals surface area contributed by atoms with Crippen molar-refractivity contribution >= 4 is 21.8 Å². The molecule has 1 aromatic rings. The first-order chi connectivity index (χ1) is 13.3. The van der Waals surface area contributed by atoms with Crippen LogP contribution in [0.25, 0.3) is 0 Å². The number of amides is 2. The smallest absolute Gasteiger partial charge is 0.264 e. The van der Waals surface area contributed by atoms with Gasteiger partial charge in [-0.05, 0) is 50.7 Å². The Bertz CT molecular complexity index is 856. The molecule has 3 rings (SSSR count). The van der Waals surface area contributed by atoms with Crippen molar-refractivity contribution in [2.45, 2.75) is 62.9 Å². The Kier molecular flexibility index (Phi) is 6.07. The van der Waals surface area contributed by atoms with Gasteiger partial charge in [0, 0.05) is 18.4 Å². The maximum atomic E-state index is 13.0. The number of hydrogen-bond acceptors (Lipinski definition) is 4. The van der Waals surface area contributed by atoms with Gasteiger partial charge in [0.2, 0.25) is 11.8 Å². The number of rotatable bonds is 5. The van der Waals surface area contributed by atoms with Crippen molar-refractivity contribution in [2.24, 2.45) is 5.92 Å². The Morgan fingerprint density at radius 1 is 1.18 bits per heavy atom. The van der Waals surface area contributed by atoms with Crippen LogP contribution < -0.4 is 10.6 Å². The van der Waals surface area contributed by atoms with Gasteiger partial charge < -0.3 is 10.6 Å². The zero-order valence-corrected chi connectivity index (χ0v) is 17.0. The first-order valence-electron chi connectivity index (χ1n) is 9.64. The maximum Gasteiger partial charge on any atom is 0.264 e. The average molecular weight is 406 g/mol. The van der Waals surface area contributed by atoms with Gasteiger partial charge in [-0.3, -0.25) is 13.9 Å². The fourth-order valence-electron chi connectivity index (χ4n) is 3.64. The molecule has 1 heterocycles. The lowest BCUT2D eigenvalue weighted by Crippen LogP contribution is -2.51. The Hall–Kier alpha value is -2.35. The quantitative estimate of drug-likeness (QED) is 0.784. The Balaban J connectivity index is 1.74. The maximum absolute atomic E-state index is 13.0. The summed E-state index contributed by atoms with van der Waals surface area (Å²) in [5, 5.41) is 5.47. The topological polar surface area (TPSA) is 95.6 Å². The second-order valence-corrected chi connectivity index (χ2v) is 9.56.